The molecule has 0 aliphatic carbocycles. The van der Waals surface area contributed by atoms with E-state index in [-0.39, 0.29) is 5.97 Å². The third-order valence-electron chi connectivity index (χ3n) is 2.94. The number of hydrogen-bond acceptors (Lipinski definition) is 5. The minimum Gasteiger partial charge on any atom is -0.465 e. The third kappa shape index (κ3) is 4.42. The maximum Gasteiger partial charge on any atom is 0.337 e. The number of carbonyl (C=O) groups excluding carboxylic acids is 1. The fourth-order valence-corrected chi connectivity index (χ4v) is 2.04. The molecule has 5 heteroatoms. The Morgan fingerprint density at radius 2 is 2.05 bits per heavy atom. The highest BCUT2D eigenvalue weighted by atomic mass is 16.5. The van der Waals surface area contributed by atoms with Crippen molar-refractivity contribution in [2.24, 2.45) is 5.92 Å². The summed E-state index contributed by atoms with van der Waals surface area (Å²) in [5.74, 6) is 0.127. The number of nitrogens with zero attached hydrogens (tertiary/aromatic N) is 1. The number of nitrogen functional groups attached to an aromatic ring is 1. The van der Waals surface area contributed by atoms with Gasteiger partial charge in [0.25, 0.3) is 0 Å². The normalized spacial score (nSPS) is 10.7. The van der Waals surface area contributed by atoms with Crippen LogP contribution in [0.2, 0.25) is 0 Å². The quantitative estimate of drug-likeness (QED) is 0.612. The molecule has 0 heterocycles. The van der Waals surface area contributed by atoms with Crippen molar-refractivity contribution in [2.45, 2.75) is 13.8 Å². The summed E-state index contributed by atoms with van der Waals surface area (Å²) in [6, 6.07) is 5.25. The van der Waals surface area contributed by atoms with Gasteiger partial charge in [-0.2, -0.15) is 0 Å². The maximum absolute atomic E-state index is 11.5. The average Bonchev–Trinajstić information content (AvgIpc) is 2.42. The molecule has 1 aromatic rings. The van der Waals surface area contributed by atoms with E-state index in [0.29, 0.717) is 23.8 Å². The molecule has 20 heavy (non-hydrogen) atoms. The Labute approximate surface area is 120 Å². The highest BCUT2D eigenvalue weighted by Gasteiger charge is 2.14. The van der Waals surface area contributed by atoms with E-state index in [1.807, 2.05) is 6.07 Å². The Kier molecular flexibility index (Phi) is 6.31. The lowest BCUT2D eigenvalue weighted by Gasteiger charge is -2.27. The van der Waals surface area contributed by atoms with E-state index in [0.717, 1.165) is 18.8 Å². The molecule has 0 aliphatic heterocycles. The van der Waals surface area contributed by atoms with Crippen LogP contribution in [0.3, 0.4) is 0 Å². The van der Waals surface area contributed by atoms with E-state index in [4.69, 9.17) is 15.2 Å². The number of methoxy groups -OCH3 is 2. The lowest BCUT2D eigenvalue weighted by atomic mass is 10.1. The molecule has 5 nitrogen and oxygen atoms in total. The molecule has 0 aliphatic rings. The fraction of sp³-hybridized carbons (Fsp3) is 0.533. The SMILES string of the molecule is COCCN(CC(C)C)c1ccc(C(=O)OC)cc1N. The van der Waals surface area contributed by atoms with Gasteiger partial charge in [-0.05, 0) is 24.1 Å². The molecule has 112 valence electrons. The van der Waals surface area contributed by atoms with Gasteiger partial charge in [0.05, 0.1) is 30.7 Å². The lowest BCUT2D eigenvalue weighted by Crippen LogP contribution is -2.31. The van der Waals surface area contributed by atoms with Crippen molar-refractivity contribution in [1.82, 2.24) is 0 Å². The molecular formula is C15H24N2O3. The Balaban J connectivity index is 2.98. The number of nitrogens with two attached hydrogens (primary N) is 1. The number of anilines is 2. The van der Waals surface area contributed by atoms with Crippen LogP contribution in [0.15, 0.2) is 18.2 Å². The first-order valence-corrected chi connectivity index (χ1v) is 6.71. The molecule has 0 fully saturated rings. The summed E-state index contributed by atoms with van der Waals surface area (Å²) in [4.78, 5) is 13.7. The van der Waals surface area contributed by atoms with Crippen LogP contribution in [-0.2, 0) is 9.47 Å². The van der Waals surface area contributed by atoms with Crippen molar-refractivity contribution in [3.63, 3.8) is 0 Å². The van der Waals surface area contributed by atoms with Crippen LogP contribution < -0.4 is 10.6 Å². The van der Waals surface area contributed by atoms with Crippen molar-refractivity contribution in [3.05, 3.63) is 23.8 Å². The average molecular weight is 280 g/mol. The predicted molar refractivity (Wildman–Crippen MR) is 81.1 cm³/mol. The van der Waals surface area contributed by atoms with Crippen molar-refractivity contribution >= 4 is 17.3 Å². The third-order valence-corrected chi connectivity index (χ3v) is 2.94. The highest BCUT2D eigenvalue weighted by molar-refractivity contribution is 5.91. The minimum atomic E-state index is -0.379. The topological polar surface area (TPSA) is 64.8 Å². The summed E-state index contributed by atoms with van der Waals surface area (Å²) < 4.78 is 9.83. The first-order chi connectivity index (χ1) is 9.49. The van der Waals surface area contributed by atoms with Gasteiger partial charge < -0.3 is 20.1 Å². The molecule has 2 N–H and O–H groups in total. The fourth-order valence-electron chi connectivity index (χ4n) is 2.04. The zero-order valence-electron chi connectivity index (χ0n) is 12.7. The van der Waals surface area contributed by atoms with E-state index in [9.17, 15) is 4.79 Å². The van der Waals surface area contributed by atoms with Gasteiger partial charge in [-0.1, -0.05) is 13.8 Å². The highest BCUT2D eigenvalue weighted by Crippen LogP contribution is 2.25. The number of benzene rings is 1. The van der Waals surface area contributed by atoms with Crippen molar-refractivity contribution < 1.29 is 14.3 Å². The van der Waals surface area contributed by atoms with Crippen molar-refractivity contribution in [3.8, 4) is 0 Å². The van der Waals surface area contributed by atoms with E-state index >= 15 is 0 Å². The maximum atomic E-state index is 11.5. The van der Waals surface area contributed by atoms with Gasteiger partial charge in [0.1, 0.15) is 0 Å². The van der Waals surface area contributed by atoms with Crippen LogP contribution in [0, 0.1) is 5.92 Å². The standard InChI is InChI=1S/C15H24N2O3/c1-11(2)10-17(7-8-19-3)14-6-5-12(9-13(14)16)15(18)20-4/h5-6,9,11H,7-8,10,16H2,1-4H3. The summed E-state index contributed by atoms with van der Waals surface area (Å²) in [7, 11) is 3.04. The monoisotopic (exact) mass is 280 g/mol. The van der Waals surface area contributed by atoms with Gasteiger partial charge in [0.2, 0.25) is 0 Å². The van der Waals surface area contributed by atoms with Gasteiger partial charge in [-0.3, -0.25) is 0 Å². The number of hydrogen-bond donors (Lipinski definition) is 1. The molecule has 0 saturated carbocycles. The van der Waals surface area contributed by atoms with Gasteiger partial charge in [0.15, 0.2) is 0 Å². The number of ether oxygens (including phenoxy) is 2. The van der Waals surface area contributed by atoms with Crippen LogP contribution >= 0.6 is 0 Å². The molecule has 0 radical (unpaired) electrons. The second kappa shape index (κ2) is 7.75. The zero-order valence-corrected chi connectivity index (χ0v) is 12.7. The Morgan fingerprint density at radius 3 is 2.55 bits per heavy atom. The summed E-state index contributed by atoms with van der Waals surface area (Å²) in [5, 5.41) is 0. The summed E-state index contributed by atoms with van der Waals surface area (Å²) in [6.45, 7) is 6.57. The Morgan fingerprint density at radius 1 is 1.35 bits per heavy atom. The van der Waals surface area contributed by atoms with Gasteiger partial charge in [-0.25, -0.2) is 4.79 Å². The van der Waals surface area contributed by atoms with Gasteiger partial charge >= 0.3 is 5.97 Å². The summed E-state index contributed by atoms with van der Waals surface area (Å²) in [6.07, 6.45) is 0. The molecule has 0 bridgehead atoms. The van der Waals surface area contributed by atoms with Crippen LogP contribution in [0.1, 0.15) is 24.2 Å². The molecule has 0 unspecified atom stereocenters. The smallest absolute Gasteiger partial charge is 0.337 e. The summed E-state index contributed by atoms with van der Waals surface area (Å²) in [5.41, 5.74) is 8.03. The van der Waals surface area contributed by atoms with E-state index in [2.05, 4.69) is 18.7 Å². The first-order valence-electron chi connectivity index (χ1n) is 6.71. The second-order valence-corrected chi connectivity index (χ2v) is 5.10. The summed E-state index contributed by atoms with van der Waals surface area (Å²) >= 11 is 0. The lowest BCUT2D eigenvalue weighted by molar-refractivity contribution is 0.0601. The largest absolute Gasteiger partial charge is 0.465 e. The van der Waals surface area contributed by atoms with Crippen LogP contribution in [0.4, 0.5) is 11.4 Å². The van der Waals surface area contributed by atoms with E-state index in [1.54, 1.807) is 19.2 Å². The molecule has 1 rings (SSSR count). The number of rotatable bonds is 7. The second-order valence-electron chi connectivity index (χ2n) is 5.10. The van der Waals surface area contributed by atoms with Crippen LogP contribution in [-0.4, -0.2) is 39.9 Å². The molecule has 0 amide bonds. The Bertz CT molecular complexity index is 447. The molecule has 0 atom stereocenters. The Hall–Kier alpha value is -1.75. The molecule has 0 saturated heterocycles. The van der Waals surface area contributed by atoms with Gasteiger partial charge in [-0.15, -0.1) is 0 Å². The van der Waals surface area contributed by atoms with Crippen molar-refractivity contribution in [1.29, 1.82) is 0 Å². The number of esters is 1. The molecule has 1 aromatic carbocycles. The van der Waals surface area contributed by atoms with E-state index < -0.39 is 0 Å². The van der Waals surface area contributed by atoms with Crippen molar-refractivity contribution in [2.75, 3.05) is 44.5 Å². The number of carbonyl (C=O) groups is 1. The molecule has 0 spiro atoms. The molecule has 0 aromatic heterocycles. The molecular weight excluding hydrogens is 256 g/mol. The van der Waals surface area contributed by atoms with E-state index in [1.165, 1.54) is 7.11 Å². The minimum absolute atomic E-state index is 0.379. The first kappa shape index (κ1) is 16.3. The zero-order chi connectivity index (χ0) is 15.1. The predicted octanol–water partition coefficient (Wildman–Crippen LogP) is 2.16. The van der Waals surface area contributed by atoms with Gasteiger partial charge in [0, 0.05) is 20.2 Å². The van der Waals surface area contributed by atoms with Crippen LogP contribution in [0.5, 0.6) is 0 Å². The van der Waals surface area contributed by atoms with Crippen LogP contribution in [0.25, 0.3) is 0 Å².